The van der Waals surface area contributed by atoms with Gasteiger partial charge in [0.15, 0.2) is 5.78 Å². The maximum absolute atomic E-state index is 13.0. The molecule has 152 valence electrons. The number of ether oxygens (including phenoxy) is 1. The molecule has 3 nitrogen and oxygen atoms in total. The zero-order valence-electron chi connectivity index (χ0n) is 18.0. The minimum absolute atomic E-state index is 0.0244. The minimum Gasteiger partial charge on any atom is -0.370 e. The number of carbonyl (C=O) groups is 2. The number of methoxy groups -OCH3 is 1. The lowest BCUT2D eigenvalue weighted by Crippen LogP contribution is -2.59. The van der Waals surface area contributed by atoms with Gasteiger partial charge in [-0.1, -0.05) is 27.7 Å². The van der Waals surface area contributed by atoms with Gasteiger partial charge in [0.25, 0.3) is 0 Å². The van der Waals surface area contributed by atoms with Crippen molar-refractivity contribution in [1.29, 1.82) is 0 Å². The van der Waals surface area contributed by atoms with Gasteiger partial charge in [0.1, 0.15) is 11.4 Å². The summed E-state index contributed by atoms with van der Waals surface area (Å²) in [5.41, 5.74) is -0.364. The molecule has 0 N–H and O–H groups in total. The number of fused-ring (bicyclic) bond motifs is 5. The highest BCUT2D eigenvalue weighted by molar-refractivity contribution is 5.88. The molecule has 0 radical (unpaired) electrons. The van der Waals surface area contributed by atoms with E-state index in [1.165, 1.54) is 12.8 Å². The Labute approximate surface area is 165 Å². The molecular formula is C24H38O3. The fourth-order valence-electron chi connectivity index (χ4n) is 8.49. The molecular weight excluding hydrogens is 336 g/mol. The van der Waals surface area contributed by atoms with Crippen molar-refractivity contribution < 1.29 is 14.3 Å². The molecule has 7 atom stereocenters. The zero-order valence-corrected chi connectivity index (χ0v) is 18.0. The molecule has 0 spiro atoms. The molecule has 0 saturated heterocycles. The molecule has 0 amide bonds. The molecule has 0 aromatic rings. The van der Waals surface area contributed by atoms with Crippen LogP contribution in [0.15, 0.2) is 0 Å². The van der Waals surface area contributed by atoms with Gasteiger partial charge in [-0.05, 0) is 73.5 Å². The summed E-state index contributed by atoms with van der Waals surface area (Å²) < 4.78 is 6.08. The van der Waals surface area contributed by atoms with Crippen molar-refractivity contribution in [3.05, 3.63) is 0 Å². The highest BCUT2D eigenvalue weighted by Gasteiger charge is 2.67. The van der Waals surface area contributed by atoms with Gasteiger partial charge >= 0.3 is 0 Å². The largest absolute Gasteiger partial charge is 0.370 e. The van der Waals surface area contributed by atoms with Crippen LogP contribution in [-0.4, -0.2) is 24.3 Å². The summed E-state index contributed by atoms with van der Waals surface area (Å²) in [4.78, 5) is 25.2. The molecule has 3 heteroatoms. The zero-order chi connectivity index (χ0) is 19.6. The first-order valence-electron chi connectivity index (χ1n) is 11.3. The number of ketones is 2. The van der Waals surface area contributed by atoms with Crippen LogP contribution in [-0.2, 0) is 14.3 Å². The second kappa shape index (κ2) is 6.40. The fraction of sp³-hybridized carbons (Fsp3) is 0.917. The van der Waals surface area contributed by atoms with Gasteiger partial charge < -0.3 is 4.74 Å². The van der Waals surface area contributed by atoms with E-state index in [9.17, 15) is 9.59 Å². The molecule has 4 saturated carbocycles. The van der Waals surface area contributed by atoms with E-state index >= 15 is 0 Å². The Balaban J connectivity index is 1.69. The van der Waals surface area contributed by atoms with Gasteiger partial charge in [0.2, 0.25) is 0 Å². The van der Waals surface area contributed by atoms with E-state index in [1.807, 2.05) is 6.92 Å². The first-order chi connectivity index (χ1) is 12.7. The molecule has 4 rings (SSSR count). The van der Waals surface area contributed by atoms with E-state index in [0.717, 1.165) is 44.4 Å². The predicted molar refractivity (Wildman–Crippen MR) is 106 cm³/mol. The smallest absolute Gasteiger partial charge is 0.164 e. The van der Waals surface area contributed by atoms with E-state index in [0.29, 0.717) is 41.7 Å². The standard InChI is InChI=1S/C24H38O3/c1-6-21(26)24(27-5)12-10-19-18-14-22(2,3)20-13-15(25)7-8-17(20)16(18)9-11-23(19,24)4/h16-20H,6-14H2,1-5H3/t16?,17?,18?,19?,20?,23-,24?/m0/s1. The van der Waals surface area contributed by atoms with Crippen LogP contribution in [0.4, 0.5) is 0 Å². The number of Topliss-reactive ketones (excluding diaryl/α,β-unsaturated/α-hetero) is 2. The number of rotatable bonds is 3. The number of hydrogen-bond donors (Lipinski definition) is 0. The Kier molecular flexibility index (Phi) is 4.65. The Bertz CT molecular complexity index is 638. The van der Waals surface area contributed by atoms with Gasteiger partial charge in [-0.25, -0.2) is 0 Å². The van der Waals surface area contributed by atoms with Crippen molar-refractivity contribution in [1.82, 2.24) is 0 Å². The monoisotopic (exact) mass is 374 g/mol. The topological polar surface area (TPSA) is 43.4 Å². The summed E-state index contributed by atoms with van der Waals surface area (Å²) in [6, 6.07) is 0. The van der Waals surface area contributed by atoms with Crippen molar-refractivity contribution in [3.8, 4) is 0 Å². The molecule has 0 bridgehead atoms. The van der Waals surface area contributed by atoms with E-state index in [4.69, 9.17) is 4.74 Å². The third-order valence-electron chi connectivity index (χ3n) is 9.77. The Morgan fingerprint density at radius 1 is 1.04 bits per heavy atom. The fourth-order valence-corrected chi connectivity index (χ4v) is 8.49. The Morgan fingerprint density at radius 2 is 1.78 bits per heavy atom. The van der Waals surface area contributed by atoms with Crippen LogP contribution in [0.1, 0.15) is 85.5 Å². The normalized spacial score (nSPS) is 48.5. The third-order valence-corrected chi connectivity index (χ3v) is 9.77. The maximum Gasteiger partial charge on any atom is 0.164 e. The summed E-state index contributed by atoms with van der Waals surface area (Å²) in [6.45, 7) is 9.16. The first-order valence-corrected chi connectivity index (χ1v) is 11.3. The molecule has 6 unspecified atom stereocenters. The van der Waals surface area contributed by atoms with Gasteiger partial charge in [-0.2, -0.15) is 0 Å². The van der Waals surface area contributed by atoms with Crippen LogP contribution in [0, 0.1) is 40.4 Å². The van der Waals surface area contributed by atoms with Crippen molar-refractivity contribution in [2.75, 3.05) is 7.11 Å². The van der Waals surface area contributed by atoms with Crippen LogP contribution in [0.25, 0.3) is 0 Å². The lowest BCUT2D eigenvalue weighted by Gasteiger charge is -2.61. The number of hydrogen-bond acceptors (Lipinski definition) is 3. The lowest BCUT2D eigenvalue weighted by molar-refractivity contribution is -0.177. The summed E-state index contributed by atoms with van der Waals surface area (Å²) in [5.74, 6) is 4.09. The van der Waals surface area contributed by atoms with Gasteiger partial charge in [0.05, 0.1) is 0 Å². The van der Waals surface area contributed by atoms with Gasteiger partial charge in [-0.3, -0.25) is 9.59 Å². The van der Waals surface area contributed by atoms with E-state index in [-0.39, 0.29) is 10.8 Å². The average molecular weight is 375 g/mol. The molecule has 27 heavy (non-hydrogen) atoms. The molecule has 0 aromatic carbocycles. The van der Waals surface area contributed by atoms with Gasteiger partial charge in [-0.15, -0.1) is 0 Å². The second-order valence-corrected chi connectivity index (χ2v) is 11.0. The molecule has 4 aliphatic carbocycles. The molecule has 4 fully saturated rings. The van der Waals surface area contributed by atoms with Crippen LogP contribution in [0.3, 0.4) is 0 Å². The van der Waals surface area contributed by atoms with Crippen molar-refractivity contribution >= 4 is 11.6 Å². The van der Waals surface area contributed by atoms with E-state index < -0.39 is 5.60 Å². The van der Waals surface area contributed by atoms with E-state index in [1.54, 1.807) is 7.11 Å². The van der Waals surface area contributed by atoms with Crippen LogP contribution in [0.2, 0.25) is 0 Å². The third kappa shape index (κ3) is 2.56. The Morgan fingerprint density at radius 3 is 2.44 bits per heavy atom. The molecule has 0 aliphatic heterocycles. The summed E-state index contributed by atoms with van der Waals surface area (Å²) >= 11 is 0. The molecule has 0 heterocycles. The van der Waals surface area contributed by atoms with Crippen LogP contribution in [0.5, 0.6) is 0 Å². The highest BCUT2D eigenvalue weighted by atomic mass is 16.5. The SMILES string of the molecule is CCC(=O)C1(OC)CCC2C3CC(C)(C)C4CC(=O)CCC4C3CC[C@@]21C. The Hall–Kier alpha value is -0.700. The average Bonchev–Trinajstić information content (AvgIpc) is 2.94. The van der Waals surface area contributed by atoms with Crippen molar-refractivity contribution in [2.24, 2.45) is 40.4 Å². The predicted octanol–water partition coefficient (Wildman–Crippen LogP) is 5.21. The first kappa shape index (κ1) is 19.6. The summed E-state index contributed by atoms with van der Waals surface area (Å²) in [7, 11) is 1.76. The maximum atomic E-state index is 13.0. The molecule has 0 aromatic heterocycles. The van der Waals surface area contributed by atoms with Crippen LogP contribution >= 0.6 is 0 Å². The molecule has 4 aliphatic rings. The summed E-state index contributed by atoms with van der Waals surface area (Å²) in [6.07, 6.45) is 8.83. The number of carbonyl (C=O) groups excluding carboxylic acids is 2. The van der Waals surface area contributed by atoms with E-state index in [2.05, 4.69) is 20.8 Å². The van der Waals surface area contributed by atoms with Crippen molar-refractivity contribution in [2.45, 2.75) is 91.1 Å². The lowest BCUT2D eigenvalue weighted by atomic mass is 9.44. The quantitative estimate of drug-likeness (QED) is 0.681. The minimum atomic E-state index is -0.569. The second-order valence-electron chi connectivity index (χ2n) is 11.0. The van der Waals surface area contributed by atoms with Gasteiger partial charge in [0, 0.05) is 31.8 Å². The summed E-state index contributed by atoms with van der Waals surface area (Å²) in [5, 5.41) is 0. The highest BCUT2D eigenvalue weighted by Crippen LogP contribution is 2.68. The van der Waals surface area contributed by atoms with Crippen molar-refractivity contribution in [3.63, 3.8) is 0 Å². The van der Waals surface area contributed by atoms with Crippen LogP contribution < -0.4 is 0 Å².